The van der Waals surface area contributed by atoms with E-state index >= 15 is 0 Å². The number of nitriles is 1. The summed E-state index contributed by atoms with van der Waals surface area (Å²) in [5.41, 5.74) is 2.62. The van der Waals surface area contributed by atoms with E-state index in [2.05, 4.69) is 21.5 Å². The third-order valence-electron chi connectivity index (χ3n) is 4.14. The van der Waals surface area contributed by atoms with Crippen molar-refractivity contribution in [1.82, 2.24) is 20.4 Å². The molecule has 5 nitrogen and oxygen atoms in total. The molecular weight excluding hydrogens is 342 g/mol. The Labute approximate surface area is 148 Å². The van der Waals surface area contributed by atoms with E-state index in [1.165, 1.54) is 12.8 Å². The predicted molar refractivity (Wildman–Crippen MR) is 93.7 cm³/mol. The van der Waals surface area contributed by atoms with Crippen LogP contribution >= 0.6 is 22.9 Å². The van der Waals surface area contributed by atoms with E-state index in [1.54, 1.807) is 11.3 Å². The number of hydrogen-bond acceptors (Lipinski definition) is 5. The predicted octanol–water partition coefficient (Wildman–Crippen LogP) is 4.46. The average molecular weight is 356 g/mol. The van der Waals surface area contributed by atoms with Crippen molar-refractivity contribution < 1.29 is 0 Å². The SMILES string of the molecule is N#Cc1n[nH]nc1-c1nc(-c2ccc(Cl)cc2)sc1CCC1CC1. The van der Waals surface area contributed by atoms with Crippen LogP contribution < -0.4 is 0 Å². The Morgan fingerprint density at radius 3 is 2.71 bits per heavy atom. The third-order valence-corrected chi connectivity index (χ3v) is 5.56. The molecule has 0 aliphatic heterocycles. The van der Waals surface area contributed by atoms with E-state index in [0.717, 1.165) is 39.9 Å². The number of thiazole rings is 1. The summed E-state index contributed by atoms with van der Waals surface area (Å²) in [5.74, 6) is 0.840. The van der Waals surface area contributed by atoms with Crippen LogP contribution in [-0.2, 0) is 6.42 Å². The van der Waals surface area contributed by atoms with Crippen molar-refractivity contribution in [3.63, 3.8) is 0 Å². The minimum atomic E-state index is 0.288. The van der Waals surface area contributed by atoms with E-state index in [1.807, 2.05) is 24.3 Å². The van der Waals surface area contributed by atoms with Crippen molar-refractivity contribution in [2.24, 2.45) is 5.92 Å². The first-order valence-corrected chi connectivity index (χ1v) is 9.01. The van der Waals surface area contributed by atoms with E-state index in [4.69, 9.17) is 16.6 Å². The fraction of sp³-hybridized carbons (Fsp3) is 0.294. The number of aromatic nitrogens is 4. The lowest BCUT2D eigenvalue weighted by atomic mass is 10.1. The van der Waals surface area contributed by atoms with Gasteiger partial charge in [0.2, 0.25) is 0 Å². The second kappa shape index (κ2) is 6.34. The normalized spacial score (nSPS) is 13.8. The Morgan fingerprint density at radius 1 is 1.21 bits per heavy atom. The highest BCUT2D eigenvalue weighted by molar-refractivity contribution is 7.15. The van der Waals surface area contributed by atoms with Crippen molar-refractivity contribution in [2.45, 2.75) is 25.7 Å². The molecule has 1 aliphatic carbocycles. The molecule has 1 saturated carbocycles. The van der Waals surface area contributed by atoms with Gasteiger partial charge in [-0.2, -0.15) is 15.6 Å². The summed E-state index contributed by atoms with van der Waals surface area (Å²) in [4.78, 5) is 5.93. The zero-order chi connectivity index (χ0) is 16.5. The Bertz CT molecular complexity index is 902. The maximum Gasteiger partial charge on any atom is 0.192 e. The molecular formula is C17H14ClN5S. The summed E-state index contributed by atoms with van der Waals surface area (Å²) in [7, 11) is 0. The highest BCUT2D eigenvalue weighted by Gasteiger charge is 2.24. The Kier molecular flexibility index (Phi) is 4.05. The number of aryl methyl sites for hydroxylation is 1. The van der Waals surface area contributed by atoms with Gasteiger partial charge in [-0.25, -0.2) is 4.98 Å². The summed E-state index contributed by atoms with van der Waals surface area (Å²) in [6.07, 6.45) is 4.77. The number of aromatic amines is 1. The van der Waals surface area contributed by atoms with Gasteiger partial charge in [-0.05, 0) is 30.9 Å². The molecule has 0 amide bonds. The molecule has 1 N–H and O–H groups in total. The maximum atomic E-state index is 9.23. The van der Waals surface area contributed by atoms with Crippen molar-refractivity contribution in [3.8, 4) is 28.0 Å². The fourth-order valence-electron chi connectivity index (χ4n) is 2.64. The third kappa shape index (κ3) is 3.05. The van der Waals surface area contributed by atoms with Crippen LogP contribution in [0.15, 0.2) is 24.3 Å². The molecule has 0 saturated heterocycles. The van der Waals surface area contributed by atoms with Crippen molar-refractivity contribution in [2.75, 3.05) is 0 Å². The largest absolute Gasteiger partial charge is 0.234 e. The Balaban J connectivity index is 1.75. The van der Waals surface area contributed by atoms with Crippen molar-refractivity contribution in [3.05, 3.63) is 39.9 Å². The molecule has 2 heterocycles. The van der Waals surface area contributed by atoms with Crippen LogP contribution in [0, 0.1) is 17.2 Å². The van der Waals surface area contributed by atoms with Gasteiger partial charge in [-0.1, -0.05) is 36.6 Å². The van der Waals surface area contributed by atoms with Gasteiger partial charge >= 0.3 is 0 Å². The van der Waals surface area contributed by atoms with Crippen LogP contribution in [-0.4, -0.2) is 20.4 Å². The lowest BCUT2D eigenvalue weighted by Gasteiger charge is -1.98. The Hall–Kier alpha value is -2.23. The molecule has 24 heavy (non-hydrogen) atoms. The van der Waals surface area contributed by atoms with Gasteiger partial charge in [0.05, 0.1) is 0 Å². The molecule has 1 aromatic carbocycles. The van der Waals surface area contributed by atoms with Crippen LogP contribution in [0.25, 0.3) is 22.0 Å². The first kappa shape index (κ1) is 15.3. The zero-order valence-electron chi connectivity index (χ0n) is 12.8. The summed E-state index contributed by atoms with van der Waals surface area (Å²) in [6.45, 7) is 0. The highest BCUT2D eigenvalue weighted by Crippen LogP contribution is 2.39. The van der Waals surface area contributed by atoms with Gasteiger partial charge in [0.15, 0.2) is 11.4 Å². The molecule has 1 aliphatic rings. The minimum absolute atomic E-state index is 0.288. The first-order chi connectivity index (χ1) is 11.7. The van der Waals surface area contributed by atoms with Gasteiger partial charge in [0, 0.05) is 15.5 Å². The topological polar surface area (TPSA) is 78.2 Å². The standard InChI is InChI=1S/C17H14ClN5S/c18-12-6-4-11(5-7-12)17-20-16(15-13(9-19)21-23-22-15)14(24-17)8-3-10-1-2-10/h4-7,10H,1-3,8H2,(H,21,22,23). The summed E-state index contributed by atoms with van der Waals surface area (Å²) >= 11 is 7.63. The number of H-pyrrole nitrogens is 1. The van der Waals surface area contributed by atoms with Crippen LogP contribution in [0.2, 0.25) is 5.02 Å². The van der Waals surface area contributed by atoms with Crippen LogP contribution in [0.5, 0.6) is 0 Å². The van der Waals surface area contributed by atoms with Gasteiger partial charge < -0.3 is 0 Å². The molecule has 120 valence electrons. The van der Waals surface area contributed by atoms with E-state index in [0.29, 0.717) is 10.7 Å². The molecule has 2 aromatic heterocycles. The second-order valence-corrected chi connectivity index (χ2v) is 7.43. The molecule has 0 unspecified atom stereocenters. The van der Waals surface area contributed by atoms with Gasteiger partial charge in [-0.3, -0.25) is 0 Å². The number of nitrogens with zero attached hydrogens (tertiary/aromatic N) is 4. The van der Waals surface area contributed by atoms with E-state index in [-0.39, 0.29) is 5.69 Å². The lowest BCUT2D eigenvalue weighted by molar-refractivity contribution is 0.733. The van der Waals surface area contributed by atoms with E-state index in [9.17, 15) is 5.26 Å². The molecule has 1 fully saturated rings. The van der Waals surface area contributed by atoms with Crippen molar-refractivity contribution >= 4 is 22.9 Å². The molecule has 0 atom stereocenters. The van der Waals surface area contributed by atoms with Crippen LogP contribution in [0.3, 0.4) is 0 Å². The molecule has 3 aromatic rings. The first-order valence-electron chi connectivity index (χ1n) is 7.81. The maximum absolute atomic E-state index is 9.23. The van der Waals surface area contributed by atoms with Gasteiger partial charge in [-0.15, -0.1) is 16.4 Å². The quantitative estimate of drug-likeness (QED) is 0.732. The number of benzene rings is 1. The summed E-state index contributed by atoms with van der Waals surface area (Å²) in [6, 6.07) is 9.72. The van der Waals surface area contributed by atoms with Gasteiger partial charge in [0.1, 0.15) is 16.8 Å². The summed E-state index contributed by atoms with van der Waals surface area (Å²) in [5, 5.41) is 21.4. The lowest BCUT2D eigenvalue weighted by Crippen LogP contribution is -1.90. The Morgan fingerprint density at radius 2 is 2.00 bits per heavy atom. The molecule has 0 bridgehead atoms. The number of hydrogen-bond donors (Lipinski definition) is 1. The fourth-order valence-corrected chi connectivity index (χ4v) is 3.85. The average Bonchev–Trinajstić information content (AvgIpc) is 3.15. The highest BCUT2D eigenvalue weighted by atomic mass is 35.5. The smallest absolute Gasteiger partial charge is 0.192 e. The van der Waals surface area contributed by atoms with Gasteiger partial charge in [0.25, 0.3) is 0 Å². The van der Waals surface area contributed by atoms with Crippen molar-refractivity contribution in [1.29, 1.82) is 5.26 Å². The summed E-state index contributed by atoms with van der Waals surface area (Å²) < 4.78 is 0. The minimum Gasteiger partial charge on any atom is -0.234 e. The molecule has 7 heteroatoms. The monoisotopic (exact) mass is 355 g/mol. The van der Waals surface area contributed by atoms with Crippen LogP contribution in [0.4, 0.5) is 0 Å². The molecule has 0 radical (unpaired) electrons. The molecule has 0 spiro atoms. The zero-order valence-corrected chi connectivity index (χ0v) is 14.4. The second-order valence-electron chi connectivity index (χ2n) is 5.91. The van der Waals surface area contributed by atoms with E-state index < -0.39 is 0 Å². The number of nitrogens with one attached hydrogen (secondary N) is 1. The molecule has 4 rings (SSSR count). The van der Waals surface area contributed by atoms with Crippen LogP contribution in [0.1, 0.15) is 29.8 Å². The number of halogens is 1. The number of rotatable bonds is 5.